The largest absolute Gasteiger partial charge is 0.492 e. The number of carbonyl (C=O) groups excluding carboxylic acids is 2. The average molecular weight is 520 g/mol. The number of pyridine rings is 1. The zero-order chi connectivity index (χ0) is 27.5. The third kappa shape index (κ3) is 3.74. The number of aromatic nitrogens is 1. The van der Waals surface area contributed by atoms with Gasteiger partial charge in [-0.3, -0.25) is 9.78 Å². The second-order valence-corrected chi connectivity index (χ2v) is 12.4. The number of fused-ring (bicyclic) bond motifs is 1. The number of ether oxygens (including phenoxy) is 2. The minimum absolute atomic E-state index is 0.0697. The number of aliphatic hydroxyl groups excluding tert-OH is 1. The lowest BCUT2D eigenvalue weighted by Gasteiger charge is -2.61. The van der Waals surface area contributed by atoms with Crippen LogP contribution in [0.5, 0.6) is 5.75 Å². The first-order chi connectivity index (χ1) is 18.0. The van der Waals surface area contributed by atoms with Crippen LogP contribution < -0.4 is 4.74 Å². The highest BCUT2D eigenvalue weighted by Gasteiger charge is 2.68. The zero-order valence-electron chi connectivity index (χ0n) is 23.3. The molecule has 1 aromatic heterocycles. The predicted molar refractivity (Wildman–Crippen MR) is 147 cm³/mol. The van der Waals surface area contributed by atoms with E-state index in [2.05, 4.69) is 32.3 Å². The van der Waals surface area contributed by atoms with Gasteiger partial charge in [-0.15, -0.1) is 6.58 Å². The molecule has 38 heavy (non-hydrogen) atoms. The van der Waals surface area contributed by atoms with Gasteiger partial charge in [0.25, 0.3) is 0 Å². The number of hydrogen-bond acceptors (Lipinski definition) is 6. The summed E-state index contributed by atoms with van der Waals surface area (Å²) >= 11 is 0. The van der Waals surface area contributed by atoms with Gasteiger partial charge in [-0.25, -0.2) is 4.79 Å². The van der Waals surface area contributed by atoms with E-state index >= 15 is 0 Å². The summed E-state index contributed by atoms with van der Waals surface area (Å²) in [5, 5.41) is 12.5. The van der Waals surface area contributed by atoms with Gasteiger partial charge in [-0.05, 0) is 62.0 Å². The van der Waals surface area contributed by atoms with Crippen molar-refractivity contribution in [1.82, 2.24) is 4.98 Å². The molecule has 1 heterocycles. The number of carbonyl (C=O) groups is 2. The number of benzene rings is 1. The molecule has 0 radical (unpaired) electrons. The molecular weight excluding hydrogens is 478 g/mol. The molecule has 3 aliphatic carbocycles. The van der Waals surface area contributed by atoms with Crippen molar-refractivity contribution in [3.05, 3.63) is 48.7 Å². The van der Waals surface area contributed by atoms with E-state index in [0.29, 0.717) is 25.2 Å². The summed E-state index contributed by atoms with van der Waals surface area (Å²) in [5.41, 5.74) is -0.553. The van der Waals surface area contributed by atoms with E-state index in [0.717, 1.165) is 30.2 Å². The van der Waals surface area contributed by atoms with Gasteiger partial charge in [-0.1, -0.05) is 45.9 Å². The van der Waals surface area contributed by atoms with E-state index < -0.39 is 29.0 Å². The van der Waals surface area contributed by atoms with Gasteiger partial charge in [-0.2, -0.15) is 0 Å². The SMILES string of the molecule is C=C[C@]1(C)CC(OC(=O)c2cnc3ccccc3c2OCC)[C@@]2(C)C3C(=O)CCC3(CC[C@H]2C)[C@@H](C)[C@@H]1O. The van der Waals surface area contributed by atoms with Crippen LogP contribution in [0.3, 0.4) is 0 Å². The topological polar surface area (TPSA) is 85.7 Å². The first kappa shape index (κ1) is 26.9. The van der Waals surface area contributed by atoms with Crippen LogP contribution in [0.1, 0.15) is 77.1 Å². The quantitative estimate of drug-likeness (QED) is 0.376. The Morgan fingerprint density at radius 2 is 1.97 bits per heavy atom. The van der Waals surface area contributed by atoms with Gasteiger partial charge in [0.05, 0.1) is 18.2 Å². The second kappa shape index (κ2) is 9.48. The zero-order valence-corrected chi connectivity index (χ0v) is 23.3. The fraction of sp³-hybridized carbons (Fsp3) is 0.594. The van der Waals surface area contributed by atoms with E-state index in [1.807, 2.05) is 44.2 Å². The van der Waals surface area contributed by atoms with Crippen LogP contribution >= 0.6 is 0 Å². The van der Waals surface area contributed by atoms with Gasteiger partial charge in [0.15, 0.2) is 0 Å². The van der Waals surface area contributed by atoms with Crippen molar-refractivity contribution >= 4 is 22.7 Å². The Balaban J connectivity index is 1.63. The Morgan fingerprint density at radius 1 is 1.24 bits per heavy atom. The molecule has 0 saturated heterocycles. The van der Waals surface area contributed by atoms with E-state index in [1.165, 1.54) is 6.20 Å². The summed E-state index contributed by atoms with van der Waals surface area (Å²) < 4.78 is 12.4. The molecule has 3 fully saturated rings. The number of hydrogen-bond donors (Lipinski definition) is 1. The highest BCUT2D eigenvalue weighted by Crippen LogP contribution is 2.68. The number of esters is 1. The monoisotopic (exact) mass is 519 g/mol. The minimum atomic E-state index is -0.700. The Hall–Kier alpha value is -2.73. The third-order valence-corrected chi connectivity index (χ3v) is 10.8. The Bertz CT molecular complexity index is 1270. The molecule has 8 atom stereocenters. The van der Waals surface area contributed by atoms with Crippen molar-refractivity contribution in [1.29, 1.82) is 0 Å². The summed E-state index contributed by atoms with van der Waals surface area (Å²) in [7, 11) is 0. The van der Waals surface area contributed by atoms with E-state index in [-0.39, 0.29) is 34.5 Å². The van der Waals surface area contributed by atoms with Crippen LogP contribution in [-0.2, 0) is 9.53 Å². The summed E-state index contributed by atoms with van der Waals surface area (Å²) in [6.07, 6.45) is 5.55. The fourth-order valence-electron chi connectivity index (χ4n) is 8.26. The maximum Gasteiger partial charge on any atom is 0.343 e. The lowest BCUT2D eigenvalue weighted by molar-refractivity contribution is -0.192. The molecule has 2 bridgehead atoms. The molecule has 0 aliphatic heterocycles. The summed E-state index contributed by atoms with van der Waals surface area (Å²) in [5.74, 6) is 0.0154. The molecule has 0 spiro atoms. The first-order valence-corrected chi connectivity index (χ1v) is 14.1. The van der Waals surface area contributed by atoms with Gasteiger partial charge in [0.1, 0.15) is 23.2 Å². The molecule has 3 aliphatic rings. The Morgan fingerprint density at radius 3 is 2.68 bits per heavy atom. The second-order valence-electron chi connectivity index (χ2n) is 12.4. The number of nitrogens with zero attached hydrogens (tertiary/aromatic N) is 1. The summed E-state index contributed by atoms with van der Waals surface area (Å²) in [4.78, 5) is 32.1. The Kier molecular flexibility index (Phi) is 6.70. The summed E-state index contributed by atoms with van der Waals surface area (Å²) in [6.45, 7) is 14.8. The highest BCUT2D eigenvalue weighted by molar-refractivity contribution is 5.99. The van der Waals surface area contributed by atoms with Crippen LogP contribution in [0, 0.1) is 34.0 Å². The molecule has 5 rings (SSSR count). The highest BCUT2D eigenvalue weighted by atomic mass is 16.5. The average Bonchev–Trinajstić information content (AvgIpc) is 3.27. The normalized spacial score (nSPS) is 38.7. The number of ketones is 1. The fourth-order valence-corrected chi connectivity index (χ4v) is 8.26. The number of aliphatic hydroxyl groups is 1. The molecule has 0 amide bonds. The third-order valence-electron chi connectivity index (χ3n) is 10.8. The molecular formula is C32H41NO5. The van der Waals surface area contributed by atoms with E-state index in [9.17, 15) is 14.7 Å². The molecule has 204 valence electrons. The standard InChI is InChI=1S/C32H41NO5/c1-7-30(5)17-25(38-29(36)22-18-33-23-12-10-9-11-21(23)26(22)37-8-2)31(6)19(3)13-15-32(20(4)28(30)35)16-14-24(34)27(31)32/h7,9-12,18-20,25,27-28,35H,1,8,13-17H2,2-6H3/t19-,20+,25?,27?,28+,30-,31+,32?/m1/s1. The van der Waals surface area contributed by atoms with Crippen molar-refractivity contribution in [2.45, 2.75) is 78.9 Å². The van der Waals surface area contributed by atoms with Crippen LogP contribution in [0.15, 0.2) is 43.1 Å². The van der Waals surface area contributed by atoms with Crippen molar-refractivity contribution in [2.75, 3.05) is 6.61 Å². The van der Waals surface area contributed by atoms with Crippen molar-refractivity contribution in [3.8, 4) is 5.75 Å². The van der Waals surface area contributed by atoms with Gasteiger partial charge in [0.2, 0.25) is 0 Å². The molecule has 6 heteroatoms. The number of para-hydroxylation sites is 1. The number of Topliss-reactive ketones (excluding diaryl/α,β-unsaturated/α-hetero) is 1. The molecule has 3 unspecified atom stereocenters. The van der Waals surface area contributed by atoms with Crippen LogP contribution in [0.4, 0.5) is 0 Å². The summed E-state index contributed by atoms with van der Waals surface area (Å²) in [6, 6.07) is 7.57. The van der Waals surface area contributed by atoms with Crippen molar-refractivity contribution in [2.24, 2.45) is 34.0 Å². The van der Waals surface area contributed by atoms with E-state index in [4.69, 9.17) is 9.47 Å². The van der Waals surface area contributed by atoms with Crippen LogP contribution in [0.2, 0.25) is 0 Å². The Labute approximate surface area is 225 Å². The molecule has 1 aromatic carbocycles. The van der Waals surface area contributed by atoms with Crippen LogP contribution in [0.25, 0.3) is 10.9 Å². The molecule has 1 N–H and O–H groups in total. The predicted octanol–water partition coefficient (Wildman–Crippen LogP) is 6.15. The molecule has 2 aromatic rings. The van der Waals surface area contributed by atoms with Crippen LogP contribution in [-0.4, -0.2) is 40.7 Å². The smallest absolute Gasteiger partial charge is 0.343 e. The van der Waals surface area contributed by atoms with Gasteiger partial charge < -0.3 is 14.6 Å². The van der Waals surface area contributed by atoms with Gasteiger partial charge >= 0.3 is 5.97 Å². The maximum absolute atomic E-state index is 14.0. The van der Waals surface area contributed by atoms with E-state index in [1.54, 1.807) is 0 Å². The maximum atomic E-state index is 14.0. The lowest BCUT2D eigenvalue weighted by Crippen LogP contribution is -2.63. The number of rotatable bonds is 5. The van der Waals surface area contributed by atoms with Gasteiger partial charge in [0, 0.05) is 34.8 Å². The van der Waals surface area contributed by atoms with Crippen molar-refractivity contribution < 1.29 is 24.2 Å². The first-order valence-electron chi connectivity index (χ1n) is 14.1. The molecule has 3 saturated carbocycles. The molecule has 6 nitrogen and oxygen atoms in total. The van der Waals surface area contributed by atoms with Crippen molar-refractivity contribution in [3.63, 3.8) is 0 Å². The lowest BCUT2D eigenvalue weighted by atomic mass is 9.44. The minimum Gasteiger partial charge on any atom is -0.492 e.